The lowest BCUT2D eigenvalue weighted by atomic mass is 10.0. The molecule has 0 radical (unpaired) electrons. The molecule has 0 atom stereocenters. The molecule has 170 valence electrons. The molecule has 0 saturated carbocycles. The Morgan fingerprint density at radius 3 is 2.19 bits per heavy atom. The number of rotatable bonds is 8. The second-order valence-electron chi connectivity index (χ2n) is 6.91. The van der Waals surface area contributed by atoms with Crippen molar-refractivity contribution in [2.75, 3.05) is 11.3 Å². The smallest absolute Gasteiger partial charge is 0.376 e. The van der Waals surface area contributed by atoms with E-state index in [1.54, 1.807) is 12.1 Å². The first-order valence-corrected chi connectivity index (χ1v) is 11.6. The van der Waals surface area contributed by atoms with Crippen LogP contribution < -0.4 is 4.72 Å². The summed E-state index contributed by atoms with van der Waals surface area (Å²) in [5.74, 6) is 0. The number of hydrogen-bond acceptors (Lipinski definition) is 3. The summed E-state index contributed by atoms with van der Waals surface area (Å²) in [7, 11) is -5.46. The van der Waals surface area contributed by atoms with Gasteiger partial charge in [-0.2, -0.15) is 21.6 Å². The van der Waals surface area contributed by atoms with Crippen LogP contribution in [0.1, 0.15) is 11.1 Å². The van der Waals surface area contributed by atoms with E-state index in [0.29, 0.717) is 35.2 Å². The molecule has 4 nitrogen and oxygen atoms in total. The van der Waals surface area contributed by atoms with E-state index in [0.717, 1.165) is 16.7 Å². The molecule has 0 aliphatic carbocycles. The van der Waals surface area contributed by atoms with Crippen molar-refractivity contribution in [1.29, 1.82) is 0 Å². The van der Waals surface area contributed by atoms with E-state index in [4.69, 9.17) is 27.9 Å². The van der Waals surface area contributed by atoms with Gasteiger partial charge < -0.3 is 4.74 Å². The highest BCUT2D eigenvalue weighted by Crippen LogP contribution is 2.28. The maximum atomic E-state index is 12.5. The van der Waals surface area contributed by atoms with Crippen molar-refractivity contribution in [1.82, 2.24) is 0 Å². The summed E-state index contributed by atoms with van der Waals surface area (Å²) in [6.45, 7) is 0.616. The van der Waals surface area contributed by atoms with Crippen LogP contribution in [0.15, 0.2) is 66.7 Å². The van der Waals surface area contributed by atoms with Gasteiger partial charge in [0.1, 0.15) is 0 Å². The lowest BCUT2D eigenvalue weighted by Gasteiger charge is -2.12. The number of hydrogen-bond donors (Lipinski definition) is 1. The largest absolute Gasteiger partial charge is 0.516 e. The second kappa shape index (κ2) is 10.1. The summed E-state index contributed by atoms with van der Waals surface area (Å²) in [4.78, 5) is 0. The monoisotopic (exact) mass is 503 g/mol. The molecule has 0 aliphatic heterocycles. The van der Waals surface area contributed by atoms with E-state index in [1.807, 2.05) is 36.4 Å². The van der Waals surface area contributed by atoms with E-state index in [-0.39, 0.29) is 5.69 Å². The molecule has 0 heterocycles. The molecule has 3 aromatic carbocycles. The summed E-state index contributed by atoms with van der Waals surface area (Å²) >= 11 is 12.1. The van der Waals surface area contributed by atoms with Crippen molar-refractivity contribution in [3.8, 4) is 11.1 Å². The fraction of sp³-hybridized carbons (Fsp3) is 0.182. The summed E-state index contributed by atoms with van der Waals surface area (Å²) in [5.41, 5.74) is -2.17. The molecule has 0 aromatic heterocycles. The first-order valence-electron chi connectivity index (χ1n) is 9.35. The van der Waals surface area contributed by atoms with E-state index >= 15 is 0 Å². The third kappa shape index (κ3) is 6.62. The Kier molecular flexibility index (Phi) is 7.71. The van der Waals surface area contributed by atoms with Gasteiger partial charge in [-0.3, -0.25) is 4.72 Å². The van der Waals surface area contributed by atoms with Crippen molar-refractivity contribution in [2.24, 2.45) is 0 Å². The minimum absolute atomic E-state index is 0.160. The average molecular weight is 504 g/mol. The van der Waals surface area contributed by atoms with Crippen molar-refractivity contribution in [2.45, 2.75) is 18.5 Å². The van der Waals surface area contributed by atoms with E-state index < -0.39 is 15.5 Å². The second-order valence-corrected chi connectivity index (χ2v) is 9.46. The zero-order valence-corrected chi connectivity index (χ0v) is 18.8. The number of sulfonamides is 1. The molecule has 10 heteroatoms. The Labute approximate surface area is 194 Å². The summed E-state index contributed by atoms with van der Waals surface area (Å²) in [5, 5.41) is 1.07. The molecule has 0 spiro atoms. The highest BCUT2D eigenvalue weighted by Gasteiger charge is 2.46. The van der Waals surface area contributed by atoms with Gasteiger partial charge >= 0.3 is 15.5 Å². The molecule has 0 amide bonds. The molecule has 0 aliphatic rings. The quantitative estimate of drug-likeness (QED) is 0.348. The standard InChI is InChI=1S/C22H18Cl2F3NO3S/c23-19-11-18(12-20(24)13-19)17-5-1-4-16(9-17)14-31-8-7-15-3-2-6-21(10-15)28-32(29,30)22(25,26)27/h1-6,9-13,28H,7-8,14H2. The number of anilines is 1. The Bertz CT molecular complexity index is 1180. The van der Waals surface area contributed by atoms with Gasteiger partial charge in [-0.15, -0.1) is 0 Å². The fourth-order valence-electron chi connectivity index (χ4n) is 2.94. The zero-order valence-electron chi connectivity index (χ0n) is 16.5. The van der Waals surface area contributed by atoms with Crippen LogP contribution in [0, 0.1) is 0 Å². The number of benzene rings is 3. The molecule has 1 N–H and O–H groups in total. The van der Waals surface area contributed by atoms with Crippen LogP contribution in [0.2, 0.25) is 10.0 Å². The van der Waals surface area contributed by atoms with Gasteiger partial charge in [0, 0.05) is 15.7 Å². The SMILES string of the molecule is O=S(=O)(Nc1cccc(CCOCc2cccc(-c3cc(Cl)cc(Cl)c3)c2)c1)C(F)(F)F. The van der Waals surface area contributed by atoms with Crippen LogP contribution in [-0.4, -0.2) is 20.5 Å². The van der Waals surface area contributed by atoms with Gasteiger partial charge in [0.15, 0.2) is 0 Å². The Morgan fingerprint density at radius 2 is 1.50 bits per heavy atom. The Balaban J connectivity index is 1.57. The highest BCUT2D eigenvalue weighted by atomic mass is 35.5. The maximum Gasteiger partial charge on any atom is 0.516 e. The topological polar surface area (TPSA) is 55.4 Å². The van der Waals surface area contributed by atoms with Gasteiger partial charge in [-0.05, 0) is 65.1 Å². The maximum absolute atomic E-state index is 12.5. The number of nitrogens with one attached hydrogen (secondary N) is 1. The number of ether oxygens (including phenoxy) is 1. The Hall–Kier alpha value is -2.26. The van der Waals surface area contributed by atoms with Gasteiger partial charge in [0.05, 0.1) is 13.2 Å². The molecule has 0 fully saturated rings. The van der Waals surface area contributed by atoms with Gasteiger partial charge in [-0.1, -0.05) is 53.5 Å². The molecule has 3 aromatic rings. The molecular formula is C22H18Cl2F3NO3S. The first kappa shape index (κ1) is 24.4. The predicted octanol–water partition coefficient (Wildman–Crippen LogP) is 6.68. The van der Waals surface area contributed by atoms with Crippen molar-refractivity contribution < 1.29 is 26.3 Å². The average Bonchev–Trinajstić information content (AvgIpc) is 2.70. The lowest BCUT2D eigenvalue weighted by molar-refractivity contribution is -0.0429. The third-order valence-corrected chi connectivity index (χ3v) is 5.96. The van der Waals surface area contributed by atoms with Crippen LogP contribution >= 0.6 is 23.2 Å². The van der Waals surface area contributed by atoms with E-state index in [1.165, 1.54) is 22.9 Å². The van der Waals surface area contributed by atoms with Gasteiger partial charge in [0.25, 0.3) is 0 Å². The van der Waals surface area contributed by atoms with Crippen molar-refractivity contribution in [3.05, 3.63) is 87.9 Å². The van der Waals surface area contributed by atoms with E-state index in [9.17, 15) is 21.6 Å². The summed E-state index contributed by atoms with van der Waals surface area (Å²) in [6, 6.07) is 18.7. The molecular weight excluding hydrogens is 486 g/mol. The molecule has 0 bridgehead atoms. The van der Waals surface area contributed by atoms with E-state index in [2.05, 4.69) is 0 Å². The van der Waals surface area contributed by atoms with Crippen molar-refractivity contribution >= 4 is 38.9 Å². The van der Waals surface area contributed by atoms with Crippen LogP contribution in [0.25, 0.3) is 11.1 Å². The molecule has 32 heavy (non-hydrogen) atoms. The predicted molar refractivity (Wildman–Crippen MR) is 120 cm³/mol. The minimum atomic E-state index is -5.46. The van der Waals surface area contributed by atoms with Crippen LogP contribution in [0.4, 0.5) is 18.9 Å². The van der Waals surface area contributed by atoms with Gasteiger partial charge in [-0.25, -0.2) is 0 Å². The molecule has 0 saturated heterocycles. The highest BCUT2D eigenvalue weighted by molar-refractivity contribution is 7.93. The van der Waals surface area contributed by atoms with Crippen LogP contribution in [-0.2, 0) is 27.8 Å². The van der Waals surface area contributed by atoms with Crippen LogP contribution in [0.5, 0.6) is 0 Å². The Morgan fingerprint density at radius 1 is 0.844 bits per heavy atom. The third-order valence-electron chi connectivity index (χ3n) is 4.41. The number of halogens is 5. The summed E-state index contributed by atoms with van der Waals surface area (Å²) < 4.78 is 67.3. The molecule has 0 unspecified atom stereocenters. The zero-order chi connectivity index (χ0) is 23.4. The summed E-state index contributed by atoms with van der Waals surface area (Å²) in [6.07, 6.45) is 0.394. The van der Waals surface area contributed by atoms with Crippen molar-refractivity contribution in [3.63, 3.8) is 0 Å². The minimum Gasteiger partial charge on any atom is -0.376 e. The molecule has 3 rings (SSSR count). The first-order chi connectivity index (χ1) is 15.0. The fourth-order valence-corrected chi connectivity index (χ4v) is 4.02. The number of alkyl halides is 3. The lowest BCUT2D eigenvalue weighted by Crippen LogP contribution is -2.29. The normalized spacial score (nSPS) is 12.0. The van der Waals surface area contributed by atoms with Crippen LogP contribution in [0.3, 0.4) is 0 Å². The van der Waals surface area contributed by atoms with Gasteiger partial charge in [0.2, 0.25) is 0 Å².